The third-order valence-electron chi connectivity index (χ3n) is 1.99. The van der Waals surface area contributed by atoms with Crippen molar-refractivity contribution in [1.29, 1.82) is 0 Å². The first kappa shape index (κ1) is 12.0. The molecule has 15 heavy (non-hydrogen) atoms. The molecule has 0 aliphatic carbocycles. The minimum atomic E-state index is -0.368. The molecular weight excluding hydrogens is 262 g/mol. The van der Waals surface area contributed by atoms with Gasteiger partial charge in [-0.1, -0.05) is 15.9 Å². The fraction of sp³-hybridized carbons (Fsp3) is 0.300. The second-order valence-corrected chi connectivity index (χ2v) is 3.84. The molecule has 0 fully saturated rings. The Balaban J connectivity index is 3.21. The van der Waals surface area contributed by atoms with Gasteiger partial charge in [0.15, 0.2) is 0 Å². The first-order chi connectivity index (χ1) is 7.10. The summed E-state index contributed by atoms with van der Waals surface area (Å²) in [7, 11) is 2.87. The Morgan fingerprint density at radius 2 is 2.07 bits per heavy atom. The summed E-state index contributed by atoms with van der Waals surface area (Å²) in [5.74, 6) is -0.368. The zero-order valence-corrected chi connectivity index (χ0v) is 10.3. The summed E-state index contributed by atoms with van der Waals surface area (Å²) in [6.07, 6.45) is 0. The molecule has 0 unspecified atom stereocenters. The van der Waals surface area contributed by atoms with Crippen LogP contribution in [0.15, 0.2) is 16.6 Å². The van der Waals surface area contributed by atoms with Crippen molar-refractivity contribution in [3.05, 3.63) is 27.7 Å². The SMILES string of the molecule is CONc1cc(Br)cc(C(=O)OC)c1C. The topological polar surface area (TPSA) is 47.6 Å². The predicted octanol–water partition coefficient (Wildman–Crippen LogP) is 2.52. The number of rotatable bonds is 3. The fourth-order valence-corrected chi connectivity index (χ4v) is 1.67. The summed E-state index contributed by atoms with van der Waals surface area (Å²) in [6, 6.07) is 3.54. The number of hydrogen-bond acceptors (Lipinski definition) is 4. The van der Waals surface area contributed by atoms with Gasteiger partial charge in [-0.25, -0.2) is 4.79 Å². The van der Waals surface area contributed by atoms with Gasteiger partial charge in [-0.2, -0.15) is 0 Å². The number of esters is 1. The van der Waals surface area contributed by atoms with Gasteiger partial charge in [0.2, 0.25) is 0 Å². The predicted molar refractivity (Wildman–Crippen MR) is 60.9 cm³/mol. The highest BCUT2D eigenvalue weighted by Gasteiger charge is 2.13. The van der Waals surface area contributed by atoms with Gasteiger partial charge in [-0.3, -0.25) is 10.3 Å². The van der Waals surface area contributed by atoms with E-state index in [4.69, 9.17) is 4.84 Å². The number of ether oxygens (including phenoxy) is 1. The van der Waals surface area contributed by atoms with Crippen LogP contribution in [0.3, 0.4) is 0 Å². The summed E-state index contributed by atoms with van der Waals surface area (Å²) in [5.41, 5.74) is 4.72. The van der Waals surface area contributed by atoms with Crippen LogP contribution in [0, 0.1) is 6.92 Å². The normalized spacial score (nSPS) is 9.87. The highest BCUT2D eigenvalue weighted by molar-refractivity contribution is 9.10. The standard InChI is InChI=1S/C10H12BrNO3/c1-6-8(10(13)14-2)4-7(11)5-9(6)12-15-3/h4-5,12H,1-3H3. The van der Waals surface area contributed by atoms with E-state index in [1.54, 1.807) is 6.07 Å². The average molecular weight is 274 g/mol. The van der Waals surface area contributed by atoms with Crippen LogP contribution in [0.5, 0.6) is 0 Å². The lowest BCUT2D eigenvalue weighted by Crippen LogP contribution is -2.07. The van der Waals surface area contributed by atoms with Crippen LogP contribution in [-0.4, -0.2) is 20.2 Å². The molecule has 1 N–H and O–H groups in total. The molecule has 4 nitrogen and oxygen atoms in total. The van der Waals surface area contributed by atoms with E-state index < -0.39 is 0 Å². The van der Waals surface area contributed by atoms with Gasteiger partial charge < -0.3 is 4.74 Å². The van der Waals surface area contributed by atoms with Crippen molar-refractivity contribution in [3.63, 3.8) is 0 Å². The number of nitrogens with one attached hydrogen (secondary N) is 1. The maximum atomic E-state index is 11.4. The highest BCUT2D eigenvalue weighted by Crippen LogP contribution is 2.25. The smallest absolute Gasteiger partial charge is 0.338 e. The second kappa shape index (κ2) is 5.14. The third-order valence-corrected chi connectivity index (χ3v) is 2.45. The van der Waals surface area contributed by atoms with Crippen molar-refractivity contribution >= 4 is 27.6 Å². The van der Waals surface area contributed by atoms with Gasteiger partial charge in [-0.15, -0.1) is 0 Å². The third kappa shape index (κ3) is 2.70. The van der Waals surface area contributed by atoms with E-state index in [-0.39, 0.29) is 5.97 Å². The van der Waals surface area contributed by atoms with Gasteiger partial charge in [0.25, 0.3) is 0 Å². The molecule has 0 aliphatic heterocycles. The largest absolute Gasteiger partial charge is 0.465 e. The van der Waals surface area contributed by atoms with E-state index in [2.05, 4.69) is 26.1 Å². The number of methoxy groups -OCH3 is 1. The first-order valence-electron chi connectivity index (χ1n) is 4.27. The van der Waals surface area contributed by atoms with Crippen molar-refractivity contribution < 1.29 is 14.4 Å². The molecule has 0 heterocycles. The van der Waals surface area contributed by atoms with Crippen molar-refractivity contribution in [3.8, 4) is 0 Å². The van der Waals surface area contributed by atoms with E-state index >= 15 is 0 Å². The minimum absolute atomic E-state index is 0.368. The highest BCUT2D eigenvalue weighted by atomic mass is 79.9. The van der Waals surface area contributed by atoms with Gasteiger partial charge in [0.1, 0.15) is 0 Å². The molecule has 0 bridgehead atoms. The van der Waals surface area contributed by atoms with E-state index in [1.807, 2.05) is 13.0 Å². The van der Waals surface area contributed by atoms with E-state index in [0.29, 0.717) is 5.56 Å². The quantitative estimate of drug-likeness (QED) is 0.679. The molecule has 0 aromatic heterocycles. The monoisotopic (exact) mass is 273 g/mol. The van der Waals surface area contributed by atoms with Crippen LogP contribution in [0.25, 0.3) is 0 Å². The first-order valence-corrected chi connectivity index (χ1v) is 5.07. The van der Waals surface area contributed by atoms with Crippen LogP contribution in [0.2, 0.25) is 0 Å². The fourth-order valence-electron chi connectivity index (χ4n) is 1.22. The van der Waals surface area contributed by atoms with E-state index in [9.17, 15) is 4.79 Å². The zero-order chi connectivity index (χ0) is 11.4. The van der Waals surface area contributed by atoms with Gasteiger partial charge in [-0.05, 0) is 24.6 Å². The number of carbonyl (C=O) groups excluding carboxylic acids is 1. The molecule has 0 amide bonds. The van der Waals surface area contributed by atoms with Gasteiger partial charge in [0, 0.05) is 4.47 Å². The Morgan fingerprint density at radius 3 is 2.60 bits per heavy atom. The zero-order valence-electron chi connectivity index (χ0n) is 8.76. The average Bonchev–Trinajstić information content (AvgIpc) is 2.22. The maximum absolute atomic E-state index is 11.4. The molecule has 0 spiro atoms. The summed E-state index contributed by atoms with van der Waals surface area (Å²) < 4.78 is 5.46. The minimum Gasteiger partial charge on any atom is -0.465 e. The molecule has 0 saturated carbocycles. The Bertz CT molecular complexity index is 379. The number of halogens is 1. The molecule has 0 aliphatic rings. The Labute approximate surface area is 96.7 Å². The van der Waals surface area contributed by atoms with Crippen LogP contribution < -0.4 is 5.48 Å². The molecule has 5 heteroatoms. The summed E-state index contributed by atoms with van der Waals surface area (Å²) in [4.78, 5) is 16.2. The Hall–Kier alpha value is -1.07. The van der Waals surface area contributed by atoms with E-state index in [1.165, 1.54) is 14.2 Å². The molecule has 0 atom stereocenters. The van der Waals surface area contributed by atoms with Crippen molar-refractivity contribution in [1.82, 2.24) is 0 Å². The molecule has 0 radical (unpaired) electrons. The number of carbonyl (C=O) groups is 1. The molecule has 82 valence electrons. The second-order valence-electron chi connectivity index (χ2n) is 2.92. The van der Waals surface area contributed by atoms with Crippen molar-refractivity contribution in [2.75, 3.05) is 19.7 Å². The van der Waals surface area contributed by atoms with Crippen molar-refractivity contribution in [2.45, 2.75) is 6.92 Å². The Morgan fingerprint density at radius 1 is 1.40 bits per heavy atom. The van der Waals surface area contributed by atoms with Gasteiger partial charge in [0.05, 0.1) is 25.5 Å². The molecule has 0 saturated heterocycles. The van der Waals surface area contributed by atoms with Crippen LogP contribution in [0.1, 0.15) is 15.9 Å². The Kier molecular flexibility index (Phi) is 4.11. The number of anilines is 1. The maximum Gasteiger partial charge on any atom is 0.338 e. The molecule has 1 aromatic carbocycles. The number of benzene rings is 1. The molecule has 1 rings (SSSR count). The lowest BCUT2D eigenvalue weighted by atomic mass is 10.1. The summed E-state index contributed by atoms with van der Waals surface area (Å²) >= 11 is 3.31. The van der Waals surface area contributed by atoms with Crippen LogP contribution in [-0.2, 0) is 9.57 Å². The van der Waals surface area contributed by atoms with E-state index in [0.717, 1.165) is 15.7 Å². The molecular formula is C10H12BrNO3. The van der Waals surface area contributed by atoms with Crippen LogP contribution >= 0.6 is 15.9 Å². The lowest BCUT2D eigenvalue weighted by molar-refractivity contribution is 0.0600. The lowest BCUT2D eigenvalue weighted by Gasteiger charge is -2.11. The number of hydrogen-bond donors (Lipinski definition) is 1. The summed E-state index contributed by atoms with van der Waals surface area (Å²) in [5, 5.41) is 0. The van der Waals surface area contributed by atoms with Crippen molar-refractivity contribution in [2.24, 2.45) is 0 Å². The van der Waals surface area contributed by atoms with Crippen LogP contribution in [0.4, 0.5) is 5.69 Å². The molecule has 1 aromatic rings. The summed E-state index contributed by atoms with van der Waals surface area (Å²) in [6.45, 7) is 1.82. The van der Waals surface area contributed by atoms with Gasteiger partial charge >= 0.3 is 5.97 Å².